The number of H-pyrrole nitrogens is 1. The Balaban J connectivity index is 1.40. The van der Waals surface area contributed by atoms with Crippen LogP contribution < -0.4 is 11.1 Å². The van der Waals surface area contributed by atoms with E-state index in [1.807, 2.05) is 30.5 Å². The van der Waals surface area contributed by atoms with Gasteiger partial charge in [-0.2, -0.15) is 10.2 Å². The molecule has 4 heterocycles. The molecule has 0 aliphatic rings. The van der Waals surface area contributed by atoms with E-state index in [-0.39, 0.29) is 5.91 Å². The fraction of sp³-hybridized carbons (Fsp3) is 0.100. The number of pyridine rings is 1. The first-order valence-corrected chi connectivity index (χ1v) is 9.29. The van der Waals surface area contributed by atoms with E-state index in [1.165, 1.54) is 12.5 Å². The van der Waals surface area contributed by atoms with Gasteiger partial charge < -0.3 is 11.1 Å². The van der Waals surface area contributed by atoms with Gasteiger partial charge in [0.15, 0.2) is 5.82 Å². The number of nitrogens with two attached hydrogens (primary N) is 1. The van der Waals surface area contributed by atoms with E-state index in [2.05, 4.69) is 35.6 Å². The van der Waals surface area contributed by atoms with Gasteiger partial charge in [-0.3, -0.25) is 14.6 Å². The van der Waals surface area contributed by atoms with Gasteiger partial charge in [-0.05, 0) is 18.2 Å². The highest BCUT2D eigenvalue weighted by Crippen LogP contribution is 2.29. The normalized spacial score (nSPS) is 11.2. The summed E-state index contributed by atoms with van der Waals surface area (Å²) in [5, 5.41) is 16.2. The van der Waals surface area contributed by atoms with Crippen molar-refractivity contribution in [2.75, 3.05) is 12.3 Å². The molecule has 4 N–H and O–H groups in total. The standard InChI is InChI=1S/C20H17N9O/c21-19-18-14(13-2-1-12(9-17(13)26-19)15-4-6-25-27-15)10-29(28-18)8-7-23-20(30)16-3-5-22-11-24-16/h1-6,9-11H,7-8H2,(H2,21,26)(H,23,30)(H,25,27). The number of nitrogen functional groups attached to an aromatic ring is 1. The van der Waals surface area contributed by atoms with Crippen LogP contribution in [0.1, 0.15) is 10.5 Å². The number of aromatic nitrogens is 7. The third kappa shape index (κ3) is 3.20. The second-order valence-corrected chi connectivity index (χ2v) is 6.70. The maximum Gasteiger partial charge on any atom is 0.270 e. The molecule has 4 aromatic heterocycles. The first kappa shape index (κ1) is 17.7. The number of benzene rings is 1. The molecule has 0 aliphatic carbocycles. The Morgan fingerprint density at radius 1 is 1.17 bits per heavy atom. The van der Waals surface area contributed by atoms with Crippen LogP contribution in [-0.4, -0.2) is 47.4 Å². The summed E-state index contributed by atoms with van der Waals surface area (Å²) in [6.07, 6.45) is 6.50. The van der Waals surface area contributed by atoms with Crippen molar-refractivity contribution in [2.24, 2.45) is 0 Å². The summed E-state index contributed by atoms with van der Waals surface area (Å²) in [6.45, 7) is 0.880. The van der Waals surface area contributed by atoms with Crippen LogP contribution in [0.5, 0.6) is 0 Å². The topological polar surface area (TPSA) is 140 Å². The number of carbonyl (C=O) groups excluding carboxylic acids is 1. The predicted octanol–water partition coefficient (Wildman–Crippen LogP) is 1.78. The Kier molecular flexibility index (Phi) is 4.28. The van der Waals surface area contributed by atoms with Gasteiger partial charge in [-0.15, -0.1) is 0 Å². The molecule has 5 rings (SSSR count). The number of fused-ring (bicyclic) bond motifs is 3. The molecule has 0 radical (unpaired) electrons. The lowest BCUT2D eigenvalue weighted by atomic mass is 10.1. The number of nitrogens with zero attached hydrogens (tertiary/aromatic N) is 6. The molecule has 10 nitrogen and oxygen atoms in total. The second-order valence-electron chi connectivity index (χ2n) is 6.70. The van der Waals surface area contributed by atoms with E-state index in [0.29, 0.717) is 30.1 Å². The number of hydrogen-bond acceptors (Lipinski definition) is 7. The van der Waals surface area contributed by atoms with Crippen LogP contribution in [0.25, 0.3) is 33.1 Å². The Bertz CT molecular complexity index is 1340. The number of aromatic amines is 1. The second kappa shape index (κ2) is 7.24. The average molecular weight is 399 g/mol. The monoisotopic (exact) mass is 399 g/mol. The molecule has 0 spiro atoms. The maximum absolute atomic E-state index is 12.1. The molecule has 10 heteroatoms. The molecule has 0 bridgehead atoms. The van der Waals surface area contributed by atoms with Crippen LogP contribution in [0.15, 0.2) is 55.2 Å². The van der Waals surface area contributed by atoms with E-state index in [9.17, 15) is 4.79 Å². The van der Waals surface area contributed by atoms with Gasteiger partial charge in [0.1, 0.15) is 17.5 Å². The SMILES string of the molecule is Nc1nc2cc(-c3ccn[nH]3)ccc2c2cn(CCNC(=O)c3ccncn3)nc12. The molecule has 148 valence electrons. The summed E-state index contributed by atoms with van der Waals surface area (Å²) in [5.74, 6) is 0.107. The summed E-state index contributed by atoms with van der Waals surface area (Å²) in [7, 11) is 0. The molecular formula is C20H17N9O. The third-order valence-electron chi connectivity index (χ3n) is 4.79. The van der Waals surface area contributed by atoms with Crippen LogP contribution in [0.4, 0.5) is 5.82 Å². The van der Waals surface area contributed by atoms with E-state index in [1.54, 1.807) is 16.9 Å². The number of anilines is 1. The summed E-state index contributed by atoms with van der Waals surface area (Å²) in [6, 6.07) is 9.44. The van der Waals surface area contributed by atoms with Crippen LogP contribution >= 0.6 is 0 Å². The van der Waals surface area contributed by atoms with Crippen molar-refractivity contribution in [3.63, 3.8) is 0 Å². The maximum atomic E-state index is 12.1. The summed E-state index contributed by atoms with van der Waals surface area (Å²) < 4.78 is 1.76. The Morgan fingerprint density at radius 3 is 2.90 bits per heavy atom. The molecule has 0 saturated heterocycles. The van der Waals surface area contributed by atoms with Crippen LogP contribution in [0.3, 0.4) is 0 Å². The van der Waals surface area contributed by atoms with E-state index < -0.39 is 0 Å². The minimum absolute atomic E-state index is 0.257. The van der Waals surface area contributed by atoms with Gasteiger partial charge in [0.25, 0.3) is 5.91 Å². The van der Waals surface area contributed by atoms with Crippen molar-refractivity contribution in [3.8, 4) is 11.3 Å². The van der Waals surface area contributed by atoms with Gasteiger partial charge in [-0.1, -0.05) is 12.1 Å². The first-order chi connectivity index (χ1) is 14.7. The average Bonchev–Trinajstić information content (AvgIpc) is 3.45. The molecular weight excluding hydrogens is 382 g/mol. The smallest absolute Gasteiger partial charge is 0.270 e. The molecule has 5 aromatic rings. The van der Waals surface area contributed by atoms with Gasteiger partial charge in [-0.25, -0.2) is 15.0 Å². The zero-order valence-corrected chi connectivity index (χ0v) is 15.8. The van der Waals surface area contributed by atoms with Crippen LogP contribution in [-0.2, 0) is 6.54 Å². The van der Waals surface area contributed by atoms with Crippen molar-refractivity contribution in [2.45, 2.75) is 6.54 Å². The first-order valence-electron chi connectivity index (χ1n) is 9.29. The van der Waals surface area contributed by atoms with E-state index in [4.69, 9.17) is 5.73 Å². The van der Waals surface area contributed by atoms with E-state index in [0.717, 1.165) is 27.5 Å². The summed E-state index contributed by atoms with van der Waals surface area (Å²) in [4.78, 5) is 24.4. The highest BCUT2D eigenvalue weighted by Gasteiger charge is 2.12. The summed E-state index contributed by atoms with van der Waals surface area (Å²) >= 11 is 0. The number of rotatable bonds is 5. The zero-order chi connectivity index (χ0) is 20.5. The minimum Gasteiger partial charge on any atom is -0.382 e. The fourth-order valence-corrected chi connectivity index (χ4v) is 3.34. The fourth-order valence-electron chi connectivity index (χ4n) is 3.34. The Morgan fingerprint density at radius 2 is 2.10 bits per heavy atom. The zero-order valence-electron chi connectivity index (χ0n) is 15.8. The molecule has 0 atom stereocenters. The largest absolute Gasteiger partial charge is 0.382 e. The molecule has 0 aliphatic heterocycles. The molecule has 1 aromatic carbocycles. The van der Waals surface area contributed by atoms with Gasteiger partial charge in [0.2, 0.25) is 0 Å². The number of amides is 1. The van der Waals surface area contributed by atoms with Gasteiger partial charge in [0, 0.05) is 41.5 Å². The number of nitrogens with one attached hydrogen (secondary N) is 2. The van der Waals surface area contributed by atoms with Crippen molar-refractivity contribution >= 4 is 33.5 Å². The third-order valence-corrected chi connectivity index (χ3v) is 4.79. The van der Waals surface area contributed by atoms with Crippen molar-refractivity contribution in [3.05, 3.63) is 60.9 Å². The quantitative estimate of drug-likeness (QED) is 0.409. The lowest BCUT2D eigenvalue weighted by Gasteiger charge is -2.04. The van der Waals surface area contributed by atoms with Gasteiger partial charge >= 0.3 is 0 Å². The Hall–Kier alpha value is -4.34. The highest BCUT2D eigenvalue weighted by atomic mass is 16.1. The van der Waals surface area contributed by atoms with Gasteiger partial charge in [0.05, 0.1) is 17.8 Å². The minimum atomic E-state index is -0.257. The highest BCUT2D eigenvalue weighted by molar-refractivity contribution is 6.08. The lowest BCUT2D eigenvalue weighted by molar-refractivity contribution is 0.0947. The molecule has 0 unspecified atom stereocenters. The molecule has 0 saturated carbocycles. The molecule has 0 fully saturated rings. The predicted molar refractivity (Wildman–Crippen MR) is 111 cm³/mol. The molecule has 30 heavy (non-hydrogen) atoms. The van der Waals surface area contributed by atoms with Crippen LogP contribution in [0.2, 0.25) is 0 Å². The van der Waals surface area contributed by atoms with E-state index >= 15 is 0 Å². The Labute approximate surface area is 170 Å². The number of carbonyl (C=O) groups is 1. The lowest BCUT2D eigenvalue weighted by Crippen LogP contribution is -2.28. The van der Waals surface area contributed by atoms with Crippen molar-refractivity contribution in [1.29, 1.82) is 0 Å². The van der Waals surface area contributed by atoms with Crippen molar-refractivity contribution in [1.82, 2.24) is 40.2 Å². The van der Waals surface area contributed by atoms with Crippen LogP contribution in [0, 0.1) is 0 Å². The molecule has 1 amide bonds. The van der Waals surface area contributed by atoms with Crippen molar-refractivity contribution < 1.29 is 4.79 Å². The number of hydrogen-bond donors (Lipinski definition) is 3. The summed E-state index contributed by atoms with van der Waals surface area (Å²) in [5.41, 5.74) is 9.80.